The van der Waals surface area contributed by atoms with E-state index in [1.165, 1.54) is 31.4 Å². The van der Waals surface area contributed by atoms with Crippen LogP contribution in [0.5, 0.6) is 5.75 Å². The fourth-order valence-electron chi connectivity index (χ4n) is 1.83. The summed E-state index contributed by atoms with van der Waals surface area (Å²) in [6, 6.07) is 5.38. The Morgan fingerprint density at radius 2 is 1.95 bits per heavy atom. The quantitative estimate of drug-likeness (QED) is 0.573. The Bertz CT molecular complexity index is 571. The van der Waals surface area contributed by atoms with Gasteiger partial charge in [0.05, 0.1) is 12.0 Å². The number of carbonyl (C=O) groups is 1. The molecule has 0 bridgehead atoms. The Morgan fingerprint density at radius 1 is 1.38 bits per heavy atom. The predicted molar refractivity (Wildman–Crippen MR) is 76.3 cm³/mol. The van der Waals surface area contributed by atoms with E-state index in [4.69, 9.17) is 10.5 Å². The van der Waals surface area contributed by atoms with Crippen LogP contribution in [0.25, 0.3) is 0 Å². The molecule has 8 heteroatoms. The van der Waals surface area contributed by atoms with Gasteiger partial charge in [-0.3, -0.25) is 10.0 Å². The summed E-state index contributed by atoms with van der Waals surface area (Å²) in [5.41, 5.74) is 5.38. The molecule has 0 saturated heterocycles. The van der Waals surface area contributed by atoms with Gasteiger partial charge in [-0.15, -0.1) is 4.47 Å². The van der Waals surface area contributed by atoms with Crippen molar-refractivity contribution < 1.29 is 23.2 Å². The van der Waals surface area contributed by atoms with Crippen molar-refractivity contribution in [1.29, 1.82) is 0 Å². The Labute approximate surface area is 124 Å². The molecule has 1 aromatic rings. The topological polar surface area (TPSA) is 110 Å². The number of rotatable bonds is 7. The summed E-state index contributed by atoms with van der Waals surface area (Å²) in [5, 5.41) is 9.78. The number of amides is 1. The molecule has 3 N–H and O–H groups in total. The molecule has 1 amide bonds. The maximum Gasteiger partial charge on any atom is 0.289 e. The van der Waals surface area contributed by atoms with Crippen molar-refractivity contribution in [3.8, 4) is 5.75 Å². The van der Waals surface area contributed by atoms with Crippen molar-refractivity contribution in [2.24, 2.45) is 11.7 Å². The monoisotopic (exact) mass is 316 g/mol. The first kappa shape index (κ1) is 17.4. The van der Waals surface area contributed by atoms with Crippen LogP contribution < -0.4 is 10.5 Å². The van der Waals surface area contributed by atoms with Crippen molar-refractivity contribution >= 4 is 15.9 Å². The summed E-state index contributed by atoms with van der Waals surface area (Å²) in [5.74, 6) is -1.04. The normalized spacial score (nSPS) is 12.8. The van der Waals surface area contributed by atoms with Gasteiger partial charge in [-0.05, 0) is 43.7 Å². The van der Waals surface area contributed by atoms with Crippen LogP contribution in [0.2, 0.25) is 0 Å². The van der Waals surface area contributed by atoms with Gasteiger partial charge in [-0.1, -0.05) is 6.92 Å². The molecule has 118 valence electrons. The highest BCUT2D eigenvalue weighted by Crippen LogP contribution is 2.21. The molecule has 0 fully saturated rings. The lowest BCUT2D eigenvalue weighted by Crippen LogP contribution is -2.38. The van der Waals surface area contributed by atoms with Gasteiger partial charge in [0.25, 0.3) is 15.9 Å². The van der Waals surface area contributed by atoms with E-state index in [1.807, 2.05) is 0 Å². The summed E-state index contributed by atoms with van der Waals surface area (Å²) >= 11 is 0. The first-order valence-corrected chi connectivity index (χ1v) is 7.94. The summed E-state index contributed by atoms with van der Waals surface area (Å²) < 4.78 is 29.1. The fraction of sp³-hybridized carbons (Fsp3) is 0.462. The molecule has 1 rings (SSSR count). The third-order valence-electron chi connectivity index (χ3n) is 3.13. The van der Waals surface area contributed by atoms with Crippen molar-refractivity contribution in [2.75, 3.05) is 13.7 Å². The van der Waals surface area contributed by atoms with Crippen LogP contribution in [-0.2, 0) is 14.8 Å². The van der Waals surface area contributed by atoms with Gasteiger partial charge < -0.3 is 10.5 Å². The van der Waals surface area contributed by atoms with Gasteiger partial charge >= 0.3 is 0 Å². The third-order valence-corrected chi connectivity index (χ3v) is 4.63. The van der Waals surface area contributed by atoms with E-state index in [-0.39, 0.29) is 15.9 Å². The van der Waals surface area contributed by atoms with Gasteiger partial charge in [0.2, 0.25) is 0 Å². The SMILES string of the molecule is CCC(CCN)C(=O)N(O)S(=O)(=O)c1ccc(OC)cc1. The zero-order valence-electron chi connectivity index (χ0n) is 12.0. The van der Waals surface area contributed by atoms with Crippen molar-refractivity contribution in [1.82, 2.24) is 4.47 Å². The minimum atomic E-state index is -4.29. The Morgan fingerprint density at radius 3 is 2.38 bits per heavy atom. The highest BCUT2D eigenvalue weighted by atomic mass is 32.2. The van der Waals surface area contributed by atoms with E-state index < -0.39 is 21.8 Å². The Kier molecular flexibility index (Phi) is 6.13. The minimum Gasteiger partial charge on any atom is -0.497 e. The molecular formula is C13H20N2O5S. The number of hydroxylamine groups is 1. The smallest absolute Gasteiger partial charge is 0.289 e. The Hall–Kier alpha value is -1.64. The molecule has 21 heavy (non-hydrogen) atoms. The standard InChI is InChI=1S/C13H20N2O5S/c1-3-10(8-9-14)13(16)15(17)21(18,19)12-6-4-11(20-2)5-7-12/h4-7,10,17H,3,8-9,14H2,1-2H3. The maximum absolute atomic E-state index is 12.2. The number of ether oxygens (including phenoxy) is 1. The van der Waals surface area contributed by atoms with Crippen LogP contribution in [0.15, 0.2) is 29.2 Å². The molecule has 1 aromatic carbocycles. The lowest BCUT2D eigenvalue weighted by Gasteiger charge is -2.20. The molecule has 0 aliphatic rings. The number of nitrogens with two attached hydrogens (primary N) is 1. The summed E-state index contributed by atoms with van der Waals surface area (Å²) in [4.78, 5) is 11.8. The van der Waals surface area contributed by atoms with Crippen LogP contribution in [0, 0.1) is 5.92 Å². The van der Waals surface area contributed by atoms with E-state index in [2.05, 4.69) is 0 Å². The van der Waals surface area contributed by atoms with Crippen molar-refractivity contribution in [3.63, 3.8) is 0 Å². The number of nitrogens with zero attached hydrogens (tertiary/aromatic N) is 1. The molecule has 0 aliphatic carbocycles. The van der Waals surface area contributed by atoms with Gasteiger partial charge in [0.15, 0.2) is 0 Å². The number of hydrogen-bond donors (Lipinski definition) is 2. The Balaban J connectivity index is 3.02. The lowest BCUT2D eigenvalue weighted by atomic mass is 10.0. The molecule has 1 unspecified atom stereocenters. The summed E-state index contributed by atoms with van der Waals surface area (Å²) in [7, 11) is -2.85. The molecule has 0 aromatic heterocycles. The fourth-order valence-corrected chi connectivity index (χ4v) is 2.89. The zero-order chi connectivity index (χ0) is 16.0. The molecule has 1 atom stereocenters. The van der Waals surface area contributed by atoms with E-state index in [0.717, 1.165) is 0 Å². The van der Waals surface area contributed by atoms with Crippen LogP contribution in [0.3, 0.4) is 0 Å². The highest BCUT2D eigenvalue weighted by molar-refractivity contribution is 7.89. The maximum atomic E-state index is 12.2. The molecule has 7 nitrogen and oxygen atoms in total. The molecule has 0 saturated carbocycles. The zero-order valence-corrected chi connectivity index (χ0v) is 12.8. The van der Waals surface area contributed by atoms with Gasteiger partial charge in [0, 0.05) is 5.92 Å². The van der Waals surface area contributed by atoms with Crippen LogP contribution in [0.1, 0.15) is 19.8 Å². The van der Waals surface area contributed by atoms with E-state index in [1.54, 1.807) is 6.92 Å². The van der Waals surface area contributed by atoms with Gasteiger partial charge in [-0.25, -0.2) is 0 Å². The number of carbonyl (C=O) groups excluding carboxylic acids is 1. The second-order valence-electron chi connectivity index (χ2n) is 4.44. The highest BCUT2D eigenvalue weighted by Gasteiger charge is 2.32. The van der Waals surface area contributed by atoms with Gasteiger partial charge in [-0.2, -0.15) is 8.42 Å². The van der Waals surface area contributed by atoms with Gasteiger partial charge in [0.1, 0.15) is 5.75 Å². The number of hydrogen-bond acceptors (Lipinski definition) is 6. The first-order chi connectivity index (χ1) is 9.88. The first-order valence-electron chi connectivity index (χ1n) is 6.50. The van der Waals surface area contributed by atoms with E-state index in [9.17, 15) is 18.4 Å². The molecular weight excluding hydrogens is 296 g/mol. The molecule has 0 radical (unpaired) electrons. The lowest BCUT2D eigenvalue weighted by molar-refractivity contribution is -0.151. The second-order valence-corrected chi connectivity index (χ2v) is 6.21. The largest absolute Gasteiger partial charge is 0.497 e. The summed E-state index contributed by atoms with van der Waals surface area (Å²) in [6.07, 6.45) is 0.704. The number of sulfonamides is 1. The number of benzene rings is 1. The average molecular weight is 316 g/mol. The van der Waals surface area contributed by atoms with E-state index in [0.29, 0.717) is 18.6 Å². The predicted octanol–water partition coefficient (Wildman–Crippen LogP) is 0.977. The summed E-state index contributed by atoms with van der Waals surface area (Å²) in [6.45, 7) is 1.97. The number of methoxy groups -OCH3 is 1. The molecule has 0 heterocycles. The average Bonchev–Trinajstić information content (AvgIpc) is 2.51. The molecule has 0 spiro atoms. The van der Waals surface area contributed by atoms with Crippen molar-refractivity contribution in [3.05, 3.63) is 24.3 Å². The van der Waals surface area contributed by atoms with Crippen LogP contribution >= 0.6 is 0 Å². The third kappa shape index (κ3) is 3.93. The van der Waals surface area contributed by atoms with Crippen molar-refractivity contribution in [2.45, 2.75) is 24.7 Å². The second kappa shape index (κ2) is 7.39. The van der Waals surface area contributed by atoms with Crippen LogP contribution in [0.4, 0.5) is 0 Å². The minimum absolute atomic E-state index is 0.193. The molecule has 0 aliphatic heterocycles. The van der Waals surface area contributed by atoms with Crippen LogP contribution in [-0.4, -0.2) is 37.7 Å². The van der Waals surface area contributed by atoms with E-state index >= 15 is 0 Å².